The highest BCUT2D eigenvalue weighted by Crippen LogP contribution is 2.23. The summed E-state index contributed by atoms with van der Waals surface area (Å²) in [4.78, 5) is 25.3. The van der Waals surface area contributed by atoms with Crippen molar-refractivity contribution in [3.05, 3.63) is 58.6 Å². The minimum atomic E-state index is -0.847. The average molecular weight is 350 g/mol. The second-order valence-electron chi connectivity index (χ2n) is 5.15. The molecule has 0 saturated carbocycles. The van der Waals surface area contributed by atoms with Gasteiger partial charge in [-0.1, -0.05) is 23.7 Å². The number of rotatable bonds is 5. The Labute approximate surface area is 143 Å². The van der Waals surface area contributed by atoms with Crippen molar-refractivity contribution < 1.29 is 24.5 Å². The fourth-order valence-corrected chi connectivity index (χ4v) is 2.09. The third-order valence-electron chi connectivity index (χ3n) is 3.29. The van der Waals surface area contributed by atoms with Crippen molar-refractivity contribution in [1.82, 2.24) is 4.90 Å². The maximum atomic E-state index is 12.0. The summed E-state index contributed by atoms with van der Waals surface area (Å²) in [5.41, 5.74) is 0.763. The highest BCUT2D eigenvalue weighted by atomic mass is 35.5. The quantitative estimate of drug-likeness (QED) is 0.810. The molecule has 126 valence electrons. The van der Waals surface area contributed by atoms with E-state index in [0.717, 1.165) is 11.6 Å². The van der Waals surface area contributed by atoms with Gasteiger partial charge in [-0.3, -0.25) is 4.79 Å². The van der Waals surface area contributed by atoms with Gasteiger partial charge in [-0.2, -0.15) is 0 Å². The number of amides is 1. The first-order chi connectivity index (χ1) is 11.4. The molecule has 24 heavy (non-hydrogen) atoms. The summed E-state index contributed by atoms with van der Waals surface area (Å²) in [7, 11) is 1.59. The van der Waals surface area contributed by atoms with E-state index < -0.39 is 24.2 Å². The monoisotopic (exact) mass is 349 g/mol. The van der Waals surface area contributed by atoms with Crippen LogP contribution in [0.25, 0.3) is 0 Å². The SMILES string of the molecule is CN(Cc1ccc(Cl)cc1)C(=O)COC(=O)c1ccc(O)cc1O. The van der Waals surface area contributed by atoms with E-state index in [2.05, 4.69) is 0 Å². The molecule has 0 fully saturated rings. The predicted molar refractivity (Wildman–Crippen MR) is 88.0 cm³/mol. The lowest BCUT2D eigenvalue weighted by atomic mass is 10.2. The first kappa shape index (κ1) is 17.6. The van der Waals surface area contributed by atoms with Gasteiger partial charge in [0.25, 0.3) is 5.91 Å². The summed E-state index contributed by atoms with van der Waals surface area (Å²) in [6.07, 6.45) is 0. The fraction of sp³-hybridized carbons (Fsp3) is 0.176. The van der Waals surface area contributed by atoms with Gasteiger partial charge >= 0.3 is 5.97 Å². The molecule has 6 nitrogen and oxygen atoms in total. The standard InChI is InChI=1S/C17H16ClNO5/c1-19(9-11-2-4-12(18)5-3-11)16(22)10-24-17(23)14-7-6-13(20)8-15(14)21/h2-8,20-21H,9-10H2,1H3. The van der Waals surface area contributed by atoms with Gasteiger partial charge in [0.15, 0.2) is 6.61 Å². The number of esters is 1. The second kappa shape index (κ2) is 7.70. The molecule has 7 heteroatoms. The Bertz CT molecular complexity index is 745. The molecule has 0 aromatic heterocycles. The van der Waals surface area contributed by atoms with E-state index >= 15 is 0 Å². The fourth-order valence-electron chi connectivity index (χ4n) is 1.96. The van der Waals surface area contributed by atoms with Gasteiger partial charge in [0.2, 0.25) is 0 Å². The lowest BCUT2D eigenvalue weighted by Gasteiger charge is -2.17. The number of halogens is 1. The third-order valence-corrected chi connectivity index (χ3v) is 3.54. The molecule has 1 amide bonds. The molecule has 2 rings (SSSR count). The van der Waals surface area contributed by atoms with E-state index in [1.165, 1.54) is 17.0 Å². The first-order valence-electron chi connectivity index (χ1n) is 7.04. The van der Waals surface area contributed by atoms with Crippen LogP contribution < -0.4 is 0 Å². The van der Waals surface area contributed by atoms with Gasteiger partial charge in [0.1, 0.15) is 17.1 Å². The van der Waals surface area contributed by atoms with Crippen LogP contribution in [0, 0.1) is 0 Å². The number of phenolic OH excluding ortho intramolecular Hbond substituents is 2. The number of aromatic hydroxyl groups is 2. The number of carbonyl (C=O) groups is 2. The van der Waals surface area contributed by atoms with Crippen molar-refractivity contribution >= 4 is 23.5 Å². The number of phenols is 2. The van der Waals surface area contributed by atoms with Gasteiger partial charge < -0.3 is 19.8 Å². The van der Waals surface area contributed by atoms with E-state index in [4.69, 9.17) is 16.3 Å². The minimum Gasteiger partial charge on any atom is -0.508 e. The molecule has 2 aromatic rings. The van der Waals surface area contributed by atoms with E-state index in [9.17, 15) is 19.8 Å². The topological polar surface area (TPSA) is 87.1 Å². The number of hydrogen-bond donors (Lipinski definition) is 2. The average Bonchev–Trinajstić information content (AvgIpc) is 2.54. The lowest BCUT2D eigenvalue weighted by molar-refractivity contribution is -0.133. The highest BCUT2D eigenvalue weighted by molar-refractivity contribution is 6.30. The van der Waals surface area contributed by atoms with Gasteiger partial charge in [-0.15, -0.1) is 0 Å². The number of hydrogen-bond acceptors (Lipinski definition) is 5. The number of ether oxygens (including phenoxy) is 1. The number of nitrogens with zero attached hydrogens (tertiary/aromatic N) is 1. The summed E-state index contributed by atoms with van der Waals surface area (Å²) in [6, 6.07) is 10.5. The number of likely N-dealkylation sites (N-methyl/N-ethyl adjacent to an activating group) is 1. The molecule has 0 aliphatic rings. The van der Waals surface area contributed by atoms with Crippen LogP contribution in [-0.4, -0.2) is 40.6 Å². The van der Waals surface area contributed by atoms with Gasteiger partial charge in [-0.05, 0) is 29.8 Å². The Hall–Kier alpha value is -2.73. The predicted octanol–water partition coefficient (Wildman–Crippen LogP) is 2.57. The zero-order valence-electron chi connectivity index (χ0n) is 12.9. The van der Waals surface area contributed by atoms with Gasteiger partial charge in [0, 0.05) is 24.7 Å². The first-order valence-corrected chi connectivity index (χ1v) is 7.42. The highest BCUT2D eigenvalue weighted by Gasteiger charge is 2.16. The van der Waals surface area contributed by atoms with Crippen molar-refractivity contribution in [2.75, 3.05) is 13.7 Å². The summed E-state index contributed by atoms with van der Waals surface area (Å²) in [6.45, 7) is -0.110. The van der Waals surface area contributed by atoms with Crippen LogP contribution in [0.3, 0.4) is 0 Å². The molecule has 0 radical (unpaired) electrons. The molecule has 0 unspecified atom stereocenters. The van der Waals surface area contributed by atoms with Crippen LogP contribution >= 0.6 is 11.6 Å². The Balaban J connectivity index is 1.89. The van der Waals surface area contributed by atoms with Crippen molar-refractivity contribution in [3.63, 3.8) is 0 Å². The van der Waals surface area contributed by atoms with Gasteiger partial charge in [-0.25, -0.2) is 4.79 Å². The van der Waals surface area contributed by atoms with Crippen molar-refractivity contribution in [2.45, 2.75) is 6.54 Å². The molecule has 0 aliphatic heterocycles. The molecule has 0 atom stereocenters. The zero-order chi connectivity index (χ0) is 17.7. The Morgan fingerprint density at radius 2 is 1.79 bits per heavy atom. The summed E-state index contributed by atoms with van der Waals surface area (Å²) in [5.74, 6) is -1.83. The molecule has 2 N–H and O–H groups in total. The van der Waals surface area contributed by atoms with Crippen LogP contribution in [0.5, 0.6) is 11.5 Å². The van der Waals surface area contributed by atoms with Gasteiger partial charge in [0.05, 0.1) is 0 Å². The summed E-state index contributed by atoms with van der Waals surface area (Å²) in [5, 5.41) is 19.4. The van der Waals surface area contributed by atoms with E-state index in [-0.39, 0.29) is 11.3 Å². The molecule has 0 heterocycles. The maximum absolute atomic E-state index is 12.0. The van der Waals surface area contributed by atoms with E-state index in [1.807, 2.05) is 0 Å². The molecular formula is C17H16ClNO5. The largest absolute Gasteiger partial charge is 0.508 e. The maximum Gasteiger partial charge on any atom is 0.342 e. The molecule has 0 saturated heterocycles. The zero-order valence-corrected chi connectivity index (χ0v) is 13.7. The van der Waals surface area contributed by atoms with Crippen LogP contribution in [0.4, 0.5) is 0 Å². The molecular weight excluding hydrogens is 334 g/mol. The van der Waals surface area contributed by atoms with Crippen LogP contribution in [0.1, 0.15) is 15.9 Å². The molecule has 2 aromatic carbocycles. The van der Waals surface area contributed by atoms with E-state index in [0.29, 0.717) is 11.6 Å². The number of benzene rings is 2. The summed E-state index contributed by atoms with van der Waals surface area (Å²) >= 11 is 5.80. The second-order valence-corrected chi connectivity index (χ2v) is 5.59. The van der Waals surface area contributed by atoms with E-state index in [1.54, 1.807) is 31.3 Å². The van der Waals surface area contributed by atoms with Crippen molar-refractivity contribution in [2.24, 2.45) is 0 Å². The van der Waals surface area contributed by atoms with Crippen LogP contribution in [-0.2, 0) is 16.1 Å². The Morgan fingerprint density at radius 1 is 1.12 bits per heavy atom. The smallest absolute Gasteiger partial charge is 0.342 e. The van der Waals surface area contributed by atoms with Crippen LogP contribution in [0.2, 0.25) is 5.02 Å². The van der Waals surface area contributed by atoms with Crippen molar-refractivity contribution in [1.29, 1.82) is 0 Å². The van der Waals surface area contributed by atoms with Crippen molar-refractivity contribution in [3.8, 4) is 11.5 Å². The lowest BCUT2D eigenvalue weighted by Crippen LogP contribution is -2.30. The van der Waals surface area contributed by atoms with Crippen LogP contribution in [0.15, 0.2) is 42.5 Å². The molecule has 0 aliphatic carbocycles. The number of carbonyl (C=O) groups excluding carboxylic acids is 2. The molecule has 0 bridgehead atoms. The Morgan fingerprint density at radius 3 is 2.42 bits per heavy atom. The summed E-state index contributed by atoms with van der Waals surface area (Å²) < 4.78 is 4.90. The minimum absolute atomic E-state index is 0.124. The molecule has 0 spiro atoms. The normalized spacial score (nSPS) is 10.2. The Kier molecular flexibility index (Phi) is 5.65. The third kappa shape index (κ3) is 4.63.